The van der Waals surface area contributed by atoms with Gasteiger partial charge in [-0.3, -0.25) is 4.98 Å². The third-order valence-corrected chi connectivity index (χ3v) is 2.63. The molecule has 0 radical (unpaired) electrons. The van der Waals surface area contributed by atoms with Crippen LogP contribution >= 0.6 is 0 Å². The molecule has 0 bridgehead atoms. The van der Waals surface area contributed by atoms with E-state index < -0.39 is 0 Å². The van der Waals surface area contributed by atoms with Gasteiger partial charge in [-0.05, 0) is 25.7 Å². The Morgan fingerprint density at radius 1 is 1.07 bits per heavy atom. The highest BCUT2D eigenvalue weighted by Crippen LogP contribution is 2.20. The highest BCUT2D eigenvalue weighted by molar-refractivity contribution is 5.01. The van der Waals surface area contributed by atoms with Gasteiger partial charge in [0.25, 0.3) is 0 Å². The number of hydrogen-bond acceptors (Lipinski definition) is 3. The molecule has 0 aliphatic heterocycles. The monoisotopic (exact) mass is 192 g/mol. The minimum Gasteiger partial charge on any atom is -0.473 e. The molecule has 0 N–H and O–H groups in total. The fraction of sp³-hybridized carbons (Fsp3) is 0.636. The van der Waals surface area contributed by atoms with E-state index in [-0.39, 0.29) is 0 Å². The molecule has 1 aliphatic carbocycles. The summed E-state index contributed by atoms with van der Waals surface area (Å²) in [6.07, 6.45) is 13.0. The molecule has 1 fully saturated rings. The first kappa shape index (κ1) is 9.44. The van der Waals surface area contributed by atoms with Crippen molar-refractivity contribution in [1.82, 2.24) is 9.97 Å². The van der Waals surface area contributed by atoms with Gasteiger partial charge in [0, 0.05) is 12.4 Å². The summed E-state index contributed by atoms with van der Waals surface area (Å²) in [5.74, 6) is 0.666. The summed E-state index contributed by atoms with van der Waals surface area (Å²) in [5, 5.41) is 0. The number of aromatic nitrogens is 2. The Hall–Kier alpha value is -1.12. The van der Waals surface area contributed by atoms with Crippen molar-refractivity contribution in [3.8, 4) is 5.88 Å². The van der Waals surface area contributed by atoms with Crippen molar-refractivity contribution in [1.29, 1.82) is 0 Å². The molecule has 1 aliphatic rings. The zero-order valence-electron chi connectivity index (χ0n) is 8.35. The zero-order chi connectivity index (χ0) is 9.64. The van der Waals surface area contributed by atoms with E-state index in [0.29, 0.717) is 12.0 Å². The van der Waals surface area contributed by atoms with E-state index in [1.54, 1.807) is 18.6 Å². The van der Waals surface area contributed by atoms with Gasteiger partial charge in [-0.15, -0.1) is 0 Å². The largest absolute Gasteiger partial charge is 0.473 e. The molecule has 3 heteroatoms. The fourth-order valence-corrected chi connectivity index (χ4v) is 1.88. The average Bonchev–Trinajstić information content (AvgIpc) is 2.48. The quantitative estimate of drug-likeness (QED) is 0.675. The summed E-state index contributed by atoms with van der Waals surface area (Å²) in [5.41, 5.74) is 0. The molecule has 0 amide bonds. The third kappa shape index (κ3) is 2.69. The minimum absolute atomic E-state index is 0.356. The van der Waals surface area contributed by atoms with Crippen molar-refractivity contribution in [2.75, 3.05) is 0 Å². The molecule has 1 saturated carbocycles. The molecule has 1 aromatic rings. The number of rotatable bonds is 2. The topological polar surface area (TPSA) is 35.0 Å². The molecular weight excluding hydrogens is 176 g/mol. The Labute approximate surface area is 84.5 Å². The maximum atomic E-state index is 5.76. The van der Waals surface area contributed by atoms with Crippen LogP contribution in [0.5, 0.6) is 5.88 Å². The molecule has 76 valence electrons. The predicted molar refractivity (Wildman–Crippen MR) is 54.2 cm³/mol. The lowest BCUT2D eigenvalue weighted by atomic mass is 10.1. The standard InChI is InChI=1S/C11H16N2O/c1-2-4-6-10(5-3-1)14-11-9-12-7-8-13-11/h7-10H,1-6H2. The highest BCUT2D eigenvalue weighted by Gasteiger charge is 2.13. The van der Waals surface area contributed by atoms with Crippen LogP contribution in [0.2, 0.25) is 0 Å². The lowest BCUT2D eigenvalue weighted by Gasteiger charge is -2.15. The van der Waals surface area contributed by atoms with E-state index in [4.69, 9.17) is 4.74 Å². The Kier molecular flexibility index (Phi) is 3.33. The molecule has 0 aromatic carbocycles. The van der Waals surface area contributed by atoms with Gasteiger partial charge in [-0.25, -0.2) is 4.98 Å². The smallest absolute Gasteiger partial charge is 0.232 e. The molecule has 1 heterocycles. The number of hydrogen-bond donors (Lipinski definition) is 0. The van der Waals surface area contributed by atoms with Crippen LogP contribution in [0.4, 0.5) is 0 Å². The van der Waals surface area contributed by atoms with Gasteiger partial charge in [0.2, 0.25) is 5.88 Å². The van der Waals surface area contributed by atoms with Crippen LogP contribution in [0.25, 0.3) is 0 Å². The van der Waals surface area contributed by atoms with Crippen molar-refractivity contribution >= 4 is 0 Å². The van der Waals surface area contributed by atoms with Crippen LogP contribution in [-0.4, -0.2) is 16.1 Å². The zero-order valence-corrected chi connectivity index (χ0v) is 8.35. The molecular formula is C11H16N2O. The number of nitrogens with zero attached hydrogens (tertiary/aromatic N) is 2. The fourth-order valence-electron chi connectivity index (χ4n) is 1.88. The molecule has 3 nitrogen and oxygen atoms in total. The van der Waals surface area contributed by atoms with Gasteiger partial charge in [0.1, 0.15) is 6.10 Å². The first-order valence-corrected chi connectivity index (χ1v) is 5.38. The summed E-state index contributed by atoms with van der Waals surface area (Å²) < 4.78 is 5.76. The van der Waals surface area contributed by atoms with E-state index in [1.165, 1.54) is 25.7 Å². The Morgan fingerprint density at radius 3 is 2.50 bits per heavy atom. The number of ether oxygens (including phenoxy) is 1. The molecule has 14 heavy (non-hydrogen) atoms. The Balaban J connectivity index is 1.90. The third-order valence-electron chi connectivity index (χ3n) is 2.63. The van der Waals surface area contributed by atoms with E-state index in [2.05, 4.69) is 9.97 Å². The van der Waals surface area contributed by atoms with Crippen LogP contribution < -0.4 is 4.74 Å². The predicted octanol–water partition coefficient (Wildman–Crippen LogP) is 2.58. The summed E-state index contributed by atoms with van der Waals surface area (Å²) in [7, 11) is 0. The minimum atomic E-state index is 0.356. The van der Waals surface area contributed by atoms with Crippen LogP contribution in [0.3, 0.4) is 0 Å². The van der Waals surface area contributed by atoms with Crippen molar-refractivity contribution < 1.29 is 4.74 Å². The van der Waals surface area contributed by atoms with Gasteiger partial charge < -0.3 is 4.74 Å². The van der Waals surface area contributed by atoms with Crippen molar-refractivity contribution in [3.63, 3.8) is 0 Å². The van der Waals surface area contributed by atoms with Crippen molar-refractivity contribution in [3.05, 3.63) is 18.6 Å². The second kappa shape index (κ2) is 4.94. The summed E-state index contributed by atoms with van der Waals surface area (Å²) in [4.78, 5) is 8.10. The molecule has 2 rings (SSSR count). The first-order chi connectivity index (χ1) is 6.95. The second-order valence-corrected chi connectivity index (χ2v) is 3.78. The van der Waals surface area contributed by atoms with Crippen molar-refractivity contribution in [2.45, 2.75) is 44.6 Å². The van der Waals surface area contributed by atoms with E-state index in [1.807, 2.05) is 0 Å². The van der Waals surface area contributed by atoms with Gasteiger partial charge >= 0.3 is 0 Å². The van der Waals surface area contributed by atoms with Crippen molar-refractivity contribution in [2.24, 2.45) is 0 Å². The highest BCUT2D eigenvalue weighted by atomic mass is 16.5. The van der Waals surface area contributed by atoms with Crippen LogP contribution in [-0.2, 0) is 0 Å². The average molecular weight is 192 g/mol. The maximum Gasteiger partial charge on any atom is 0.232 e. The first-order valence-electron chi connectivity index (χ1n) is 5.38. The van der Waals surface area contributed by atoms with Gasteiger partial charge in [-0.2, -0.15) is 0 Å². The molecule has 0 saturated heterocycles. The Bertz CT molecular complexity index is 255. The SMILES string of the molecule is c1cnc(OC2CCCCCC2)cn1. The molecule has 0 spiro atoms. The van der Waals surface area contributed by atoms with Crippen LogP contribution in [0, 0.1) is 0 Å². The maximum absolute atomic E-state index is 5.76. The van der Waals surface area contributed by atoms with E-state index in [9.17, 15) is 0 Å². The molecule has 0 atom stereocenters. The lowest BCUT2D eigenvalue weighted by Crippen LogP contribution is -2.15. The van der Waals surface area contributed by atoms with Gasteiger partial charge in [-0.1, -0.05) is 12.8 Å². The summed E-state index contributed by atoms with van der Waals surface area (Å²) in [6.45, 7) is 0. The summed E-state index contributed by atoms with van der Waals surface area (Å²) >= 11 is 0. The molecule has 1 aromatic heterocycles. The van der Waals surface area contributed by atoms with Crippen LogP contribution in [0.15, 0.2) is 18.6 Å². The lowest BCUT2D eigenvalue weighted by molar-refractivity contribution is 0.175. The van der Waals surface area contributed by atoms with Crippen LogP contribution in [0.1, 0.15) is 38.5 Å². The van der Waals surface area contributed by atoms with E-state index >= 15 is 0 Å². The summed E-state index contributed by atoms with van der Waals surface area (Å²) in [6, 6.07) is 0. The normalized spacial score (nSPS) is 18.9. The van der Waals surface area contributed by atoms with Gasteiger partial charge in [0.05, 0.1) is 6.20 Å². The van der Waals surface area contributed by atoms with E-state index in [0.717, 1.165) is 12.8 Å². The van der Waals surface area contributed by atoms with Gasteiger partial charge in [0.15, 0.2) is 0 Å². The second-order valence-electron chi connectivity index (χ2n) is 3.78. The Morgan fingerprint density at radius 2 is 1.86 bits per heavy atom. The molecule has 0 unspecified atom stereocenters.